The van der Waals surface area contributed by atoms with Crippen molar-refractivity contribution in [1.82, 2.24) is 5.32 Å². The van der Waals surface area contributed by atoms with Crippen molar-refractivity contribution >= 4 is 18.8 Å². The summed E-state index contributed by atoms with van der Waals surface area (Å²) in [5.74, 6) is 0.128. The molecule has 3 nitrogen and oxygen atoms in total. The number of rotatable bonds is 15. The maximum Gasteiger partial charge on any atom is 0.220 e. The molecule has 4 heteroatoms. The second-order valence-corrected chi connectivity index (χ2v) is 6.20. The van der Waals surface area contributed by atoms with Crippen molar-refractivity contribution in [2.24, 2.45) is 0 Å². The number of nitrogens with one attached hydrogen (secondary N) is 1. The summed E-state index contributed by atoms with van der Waals surface area (Å²) >= 11 is 3.74. The van der Waals surface area contributed by atoms with Crippen LogP contribution in [0.1, 0.15) is 90.9 Å². The molecule has 0 saturated carbocycles. The van der Waals surface area contributed by atoms with Crippen LogP contribution >= 0.6 is 12.9 Å². The largest absolute Gasteiger partial charge is 0.356 e. The van der Waals surface area contributed by atoms with Gasteiger partial charge in [-0.05, 0) is 32.7 Å². The number of unbranched alkanes of at least 4 members (excludes halogenated alkanes) is 9. The van der Waals surface area contributed by atoms with Crippen molar-refractivity contribution in [2.45, 2.75) is 97.0 Å². The summed E-state index contributed by atoms with van der Waals surface area (Å²) in [6.45, 7) is 4.99. The van der Waals surface area contributed by atoms with E-state index in [4.69, 9.17) is 4.18 Å². The summed E-state index contributed by atoms with van der Waals surface area (Å²) in [5.41, 5.74) is 0. The van der Waals surface area contributed by atoms with E-state index in [0.29, 0.717) is 6.42 Å². The number of hydrogen-bond donors (Lipinski definition) is 2. The third kappa shape index (κ3) is 16.0. The van der Waals surface area contributed by atoms with Crippen molar-refractivity contribution in [3.05, 3.63) is 0 Å². The maximum absolute atomic E-state index is 11.5. The van der Waals surface area contributed by atoms with Gasteiger partial charge in [-0.2, -0.15) is 0 Å². The predicted molar refractivity (Wildman–Crippen MR) is 93.6 cm³/mol. The number of carbonyl (C=O) groups excluding carboxylic acids is 1. The number of thiol groups is 1. The van der Waals surface area contributed by atoms with Crippen LogP contribution in [0.5, 0.6) is 0 Å². The molecule has 0 saturated heterocycles. The van der Waals surface area contributed by atoms with Gasteiger partial charge >= 0.3 is 0 Å². The minimum absolute atomic E-state index is 0.0383. The van der Waals surface area contributed by atoms with Crippen LogP contribution in [0.3, 0.4) is 0 Å². The highest BCUT2D eigenvalue weighted by molar-refractivity contribution is 7.75. The zero-order chi connectivity index (χ0) is 15.8. The van der Waals surface area contributed by atoms with E-state index in [2.05, 4.69) is 25.2 Å². The Bertz CT molecular complexity index is 237. The van der Waals surface area contributed by atoms with Gasteiger partial charge in [0.05, 0.1) is 6.10 Å². The van der Waals surface area contributed by atoms with Gasteiger partial charge in [0.1, 0.15) is 0 Å². The molecule has 126 valence electrons. The molecule has 1 amide bonds. The molecule has 0 aromatic rings. The van der Waals surface area contributed by atoms with Gasteiger partial charge in [-0.1, -0.05) is 64.7 Å². The van der Waals surface area contributed by atoms with E-state index in [-0.39, 0.29) is 12.0 Å². The summed E-state index contributed by atoms with van der Waals surface area (Å²) in [7, 11) is 0. The Balaban J connectivity index is 3.16. The number of hydrogen-bond acceptors (Lipinski definition) is 3. The van der Waals surface area contributed by atoms with Crippen LogP contribution < -0.4 is 5.32 Å². The lowest BCUT2D eigenvalue weighted by Gasteiger charge is -2.08. The molecule has 0 heterocycles. The maximum atomic E-state index is 11.5. The van der Waals surface area contributed by atoms with Gasteiger partial charge in [0.25, 0.3) is 0 Å². The zero-order valence-electron chi connectivity index (χ0n) is 14.0. The Morgan fingerprint density at radius 1 is 1.00 bits per heavy atom. The van der Waals surface area contributed by atoms with Crippen LogP contribution in [0.2, 0.25) is 0 Å². The topological polar surface area (TPSA) is 38.3 Å². The van der Waals surface area contributed by atoms with Gasteiger partial charge in [0, 0.05) is 13.0 Å². The van der Waals surface area contributed by atoms with E-state index in [9.17, 15) is 4.79 Å². The normalized spacial score (nSPS) is 12.3. The summed E-state index contributed by atoms with van der Waals surface area (Å²) in [6, 6.07) is 0. The summed E-state index contributed by atoms with van der Waals surface area (Å²) in [5, 5.41) is 2.97. The fourth-order valence-electron chi connectivity index (χ4n) is 2.32. The van der Waals surface area contributed by atoms with Crippen LogP contribution in [0, 0.1) is 0 Å². The minimum Gasteiger partial charge on any atom is -0.356 e. The summed E-state index contributed by atoms with van der Waals surface area (Å²) in [4.78, 5) is 11.5. The molecule has 0 aromatic heterocycles. The van der Waals surface area contributed by atoms with E-state index < -0.39 is 0 Å². The van der Waals surface area contributed by atoms with Crippen LogP contribution in [0.4, 0.5) is 0 Å². The Morgan fingerprint density at radius 2 is 1.52 bits per heavy atom. The fraction of sp³-hybridized carbons (Fsp3) is 0.941. The first-order chi connectivity index (χ1) is 10.2. The number of carbonyl (C=O) groups is 1. The van der Waals surface area contributed by atoms with E-state index in [1.807, 2.05) is 6.92 Å². The van der Waals surface area contributed by atoms with Gasteiger partial charge in [-0.25, -0.2) is 0 Å². The van der Waals surface area contributed by atoms with Crippen LogP contribution in [-0.4, -0.2) is 18.6 Å². The molecule has 0 aliphatic carbocycles. The highest BCUT2D eigenvalue weighted by Crippen LogP contribution is 2.10. The van der Waals surface area contributed by atoms with Gasteiger partial charge in [-0.15, -0.1) is 0 Å². The van der Waals surface area contributed by atoms with Crippen molar-refractivity contribution in [3.8, 4) is 0 Å². The fourth-order valence-corrected chi connectivity index (χ4v) is 2.42. The first kappa shape index (κ1) is 20.8. The van der Waals surface area contributed by atoms with Gasteiger partial charge in [0.2, 0.25) is 5.91 Å². The molecule has 0 spiro atoms. The molecule has 0 radical (unpaired) electrons. The molecular formula is C17H35NO2S. The van der Waals surface area contributed by atoms with E-state index >= 15 is 0 Å². The van der Waals surface area contributed by atoms with Crippen molar-refractivity contribution < 1.29 is 8.98 Å². The van der Waals surface area contributed by atoms with Crippen LogP contribution in [0.15, 0.2) is 0 Å². The van der Waals surface area contributed by atoms with Crippen LogP contribution in [-0.2, 0) is 8.98 Å². The average molecular weight is 318 g/mol. The van der Waals surface area contributed by atoms with E-state index in [1.54, 1.807) is 0 Å². The third-order valence-corrected chi connectivity index (χ3v) is 4.17. The Kier molecular flexibility index (Phi) is 16.0. The highest BCUT2D eigenvalue weighted by atomic mass is 32.1. The van der Waals surface area contributed by atoms with Crippen molar-refractivity contribution in [3.63, 3.8) is 0 Å². The lowest BCUT2D eigenvalue weighted by atomic mass is 10.1. The van der Waals surface area contributed by atoms with Crippen molar-refractivity contribution in [2.75, 3.05) is 6.54 Å². The SMILES string of the molecule is CCCCCCCCCCCCNC(=O)CCC(C)OS. The van der Waals surface area contributed by atoms with Gasteiger partial charge in [0.15, 0.2) is 0 Å². The Morgan fingerprint density at radius 3 is 2.05 bits per heavy atom. The molecule has 0 bridgehead atoms. The molecule has 0 aliphatic rings. The molecular weight excluding hydrogens is 282 g/mol. The first-order valence-electron chi connectivity index (χ1n) is 8.77. The first-order valence-corrected chi connectivity index (χ1v) is 9.14. The molecule has 1 N–H and O–H groups in total. The minimum atomic E-state index is 0.0383. The number of amides is 1. The molecule has 0 rings (SSSR count). The monoisotopic (exact) mass is 317 g/mol. The lowest BCUT2D eigenvalue weighted by Crippen LogP contribution is -2.25. The zero-order valence-corrected chi connectivity index (χ0v) is 14.9. The average Bonchev–Trinajstić information content (AvgIpc) is 2.50. The third-order valence-electron chi connectivity index (χ3n) is 3.81. The Labute approximate surface area is 137 Å². The Hall–Kier alpha value is -0.220. The molecule has 21 heavy (non-hydrogen) atoms. The molecule has 1 atom stereocenters. The second-order valence-electron chi connectivity index (χ2n) is 5.99. The van der Waals surface area contributed by atoms with E-state index in [1.165, 1.54) is 57.8 Å². The highest BCUT2D eigenvalue weighted by Gasteiger charge is 2.05. The lowest BCUT2D eigenvalue weighted by molar-refractivity contribution is -0.121. The standard InChI is InChI=1S/C17H35NO2S/c1-3-4-5-6-7-8-9-10-11-12-15-18-17(19)14-13-16(2)20-21/h16,21H,3-15H2,1-2H3,(H,18,19). The quantitative estimate of drug-likeness (QED) is 0.252. The molecule has 1 unspecified atom stereocenters. The van der Waals surface area contributed by atoms with Gasteiger partial charge in [-0.3, -0.25) is 4.79 Å². The molecule has 0 aromatic carbocycles. The van der Waals surface area contributed by atoms with Crippen LogP contribution in [0.25, 0.3) is 0 Å². The molecule has 0 aliphatic heterocycles. The second kappa shape index (κ2) is 16.2. The summed E-state index contributed by atoms with van der Waals surface area (Å²) in [6.07, 6.45) is 14.5. The predicted octanol–water partition coefficient (Wildman–Crippen LogP) is 5.05. The van der Waals surface area contributed by atoms with Gasteiger partial charge < -0.3 is 9.50 Å². The summed E-state index contributed by atoms with van der Waals surface area (Å²) < 4.78 is 4.83. The molecule has 0 fully saturated rings. The van der Waals surface area contributed by atoms with Crippen molar-refractivity contribution in [1.29, 1.82) is 0 Å². The smallest absolute Gasteiger partial charge is 0.220 e. The van der Waals surface area contributed by atoms with E-state index in [0.717, 1.165) is 19.4 Å².